The number of hydrogen-bond acceptors (Lipinski definition) is 2. The van der Waals surface area contributed by atoms with E-state index in [1.165, 1.54) is 31.2 Å². The topological polar surface area (TPSA) is 59.1 Å². The van der Waals surface area contributed by atoms with Crippen LogP contribution in [0.2, 0.25) is 0 Å². The zero-order valence-electron chi connectivity index (χ0n) is 13.0. The fourth-order valence-electron chi connectivity index (χ4n) is 2.26. The quantitative estimate of drug-likeness (QED) is 0.529. The molecule has 0 saturated heterocycles. The van der Waals surface area contributed by atoms with E-state index < -0.39 is 0 Å². The van der Waals surface area contributed by atoms with Gasteiger partial charge in [-0.2, -0.15) is 0 Å². The van der Waals surface area contributed by atoms with Crippen LogP contribution in [0.3, 0.4) is 0 Å². The zero-order valence-corrected chi connectivity index (χ0v) is 13.0. The molecule has 20 heavy (non-hydrogen) atoms. The van der Waals surface area contributed by atoms with Crippen LogP contribution >= 0.6 is 0 Å². The molecule has 0 aliphatic carbocycles. The fourth-order valence-corrected chi connectivity index (χ4v) is 2.26. The third-order valence-electron chi connectivity index (χ3n) is 3.81. The fraction of sp³-hybridized carbons (Fsp3) is 0.588. The number of nitrogens with two attached hydrogens (primary N) is 1. The van der Waals surface area contributed by atoms with Crippen molar-refractivity contribution in [3.05, 3.63) is 34.9 Å². The van der Waals surface area contributed by atoms with Crippen LogP contribution < -0.4 is 5.73 Å². The minimum Gasteiger partial charge on any atom is -0.384 e. The van der Waals surface area contributed by atoms with Crippen LogP contribution in [0.15, 0.2) is 18.2 Å². The van der Waals surface area contributed by atoms with Crippen LogP contribution in [0.1, 0.15) is 56.2 Å². The van der Waals surface area contributed by atoms with E-state index in [2.05, 4.69) is 13.8 Å². The second kappa shape index (κ2) is 8.75. The van der Waals surface area contributed by atoms with Gasteiger partial charge in [-0.1, -0.05) is 45.2 Å². The number of unbranched alkanes of at least 4 members (excludes halogenated alkanes) is 1. The van der Waals surface area contributed by atoms with Crippen molar-refractivity contribution < 1.29 is 4.74 Å². The van der Waals surface area contributed by atoms with Gasteiger partial charge < -0.3 is 10.5 Å². The van der Waals surface area contributed by atoms with Crippen molar-refractivity contribution in [1.82, 2.24) is 0 Å². The highest BCUT2D eigenvalue weighted by Gasteiger charge is 2.07. The van der Waals surface area contributed by atoms with Gasteiger partial charge >= 0.3 is 0 Å². The summed E-state index contributed by atoms with van der Waals surface area (Å²) in [6.45, 7) is 7.99. The molecular weight excluding hydrogens is 248 g/mol. The molecule has 0 aliphatic rings. The van der Waals surface area contributed by atoms with E-state index in [-0.39, 0.29) is 5.84 Å². The van der Waals surface area contributed by atoms with Gasteiger partial charge in [0.2, 0.25) is 0 Å². The van der Waals surface area contributed by atoms with E-state index in [1.807, 2.05) is 25.1 Å². The smallest absolute Gasteiger partial charge is 0.122 e. The summed E-state index contributed by atoms with van der Waals surface area (Å²) in [5.74, 6) is 0.790. The number of aryl methyl sites for hydroxylation is 1. The molecule has 0 heterocycles. The number of nitrogen functional groups attached to an aromatic ring is 1. The van der Waals surface area contributed by atoms with Crippen LogP contribution in [-0.2, 0) is 11.3 Å². The number of nitrogens with one attached hydrogen (secondary N) is 1. The lowest BCUT2D eigenvalue weighted by Crippen LogP contribution is -2.12. The molecule has 1 atom stereocenters. The van der Waals surface area contributed by atoms with Crippen molar-refractivity contribution in [3.63, 3.8) is 0 Å². The van der Waals surface area contributed by atoms with Crippen LogP contribution in [0.25, 0.3) is 0 Å². The Balaban J connectivity index is 2.47. The average molecular weight is 276 g/mol. The van der Waals surface area contributed by atoms with Crippen LogP contribution in [-0.4, -0.2) is 12.4 Å². The van der Waals surface area contributed by atoms with Gasteiger partial charge in [-0.25, -0.2) is 0 Å². The Hall–Kier alpha value is -1.35. The Kier molecular flexibility index (Phi) is 7.31. The maximum absolute atomic E-state index is 7.43. The van der Waals surface area contributed by atoms with Gasteiger partial charge in [0.15, 0.2) is 0 Å². The highest BCUT2D eigenvalue weighted by Crippen LogP contribution is 2.16. The van der Waals surface area contributed by atoms with Crippen molar-refractivity contribution in [2.24, 2.45) is 11.7 Å². The van der Waals surface area contributed by atoms with Crippen molar-refractivity contribution in [2.45, 2.75) is 53.1 Å². The summed E-state index contributed by atoms with van der Waals surface area (Å²) in [6.07, 6.45) is 4.98. The maximum atomic E-state index is 7.43. The van der Waals surface area contributed by atoms with E-state index in [9.17, 15) is 0 Å². The SMILES string of the molecule is CCCCC(CC)COCc1ccc(C(=N)N)cc1C. The predicted octanol–water partition coefficient (Wildman–Crippen LogP) is 4.01. The first-order chi connectivity index (χ1) is 9.58. The molecule has 0 aliphatic heterocycles. The molecule has 3 heteroatoms. The molecule has 0 radical (unpaired) electrons. The average Bonchev–Trinajstić information content (AvgIpc) is 2.43. The molecule has 0 saturated carbocycles. The minimum atomic E-state index is 0.117. The van der Waals surface area contributed by atoms with E-state index in [0.717, 1.165) is 17.7 Å². The lowest BCUT2D eigenvalue weighted by Gasteiger charge is -2.15. The highest BCUT2D eigenvalue weighted by atomic mass is 16.5. The van der Waals surface area contributed by atoms with Gasteiger partial charge in [-0.05, 0) is 36.5 Å². The van der Waals surface area contributed by atoms with E-state index in [0.29, 0.717) is 12.5 Å². The van der Waals surface area contributed by atoms with Gasteiger partial charge in [0.25, 0.3) is 0 Å². The molecule has 0 amide bonds. The standard InChI is InChI=1S/C17H28N2O/c1-4-6-7-14(5-2)11-20-12-16-9-8-15(17(18)19)10-13(16)3/h8-10,14H,4-7,11-12H2,1-3H3,(H3,18,19). The Morgan fingerprint density at radius 2 is 2.10 bits per heavy atom. The second-order valence-electron chi connectivity index (χ2n) is 5.49. The summed E-state index contributed by atoms with van der Waals surface area (Å²) in [5.41, 5.74) is 8.59. The first-order valence-corrected chi connectivity index (χ1v) is 7.60. The highest BCUT2D eigenvalue weighted by molar-refractivity contribution is 5.95. The molecule has 3 N–H and O–H groups in total. The summed E-state index contributed by atoms with van der Waals surface area (Å²) in [4.78, 5) is 0. The normalized spacial score (nSPS) is 12.3. The Labute approximate surface area is 123 Å². The van der Waals surface area contributed by atoms with E-state index in [1.54, 1.807) is 0 Å². The number of rotatable bonds is 9. The molecule has 0 spiro atoms. The molecule has 3 nitrogen and oxygen atoms in total. The maximum Gasteiger partial charge on any atom is 0.122 e. The van der Waals surface area contributed by atoms with E-state index in [4.69, 9.17) is 15.9 Å². The second-order valence-corrected chi connectivity index (χ2v) is 5.49. The summed E-state index contributed by atoms with van der Waals surface area (Å²) in [5, 5.41) is 7.43. The summed E-state index contributed by atoms with van der Waals surface area (Å²) in [6, 6.07) is 5.86. The number of benzene rings is 1. The van der Waals surface area contributed by atoms with Crippen molar-refractivity contribution in [2.75, 3.05) is 6.61 Å². The van der Waals surface area contributed by atoms with Gasteiger partial charge in [0.1, 0.15) is 5.84 Å². The van der Waals surface area contributed by atoms with Crippen molar-refractivity contribution in [1.29, 1.82) is 5.41 Å². The van der Waals surface area contributed by atoms with Crippen LogP contribution in [0.4, 0.5) is 0 Å². The molecular formula is C17H28N2O. The third-order valence-corrected chi connectivity index (χ3v) is 3.81. The van der Waals surface area contributed by atoms with Gasteiger partial charge in [-0.3, -0.25) is 5.41 Å². The lowest BCUT2D eigenvalue weighted by molar-refractivity contribution is 0.0817. The Morgan fingerprint density at radius 1 is 1.35 bits per heavy atom. The van der Waals surface area contributed by atoms with E-state index >= 15 is 0 Å². The van der Waals surface area contributed by atoms with Gasteiger partial charge in [0.05, 0.1) is 6.61 Å². The molecule has 1 aromatic carbocycles. The van der Waals surface area contributed by atoms with Crippen LogP contribution in [0.5, 0.6) is 0 Å². The lowest BCUT2D eigenvalue weighted by atomic mass is 10.0. The van der Waals surface area contributed by atoms with Gasteiger partial charge in [-0.15, -0.1) is 0 Å². The molecule has 0 fully saturated rings. The molecule has 0 bridgehead atoms. The molecule has 0 aromatic heterocycles. The first-order valence-electron chi connectivity index (χ1n) is 7.60. The molecule has 1 unspecified atom stereocenters. The summed E-state index contributed by atoms with van der Waals surface area (Å²) in [7, 11) is 0. The third kappa shape index (κ3) is 5.33. The van der Waals surface area contributed by atoms with Crippen LogP contribution in [0, 0.1) is 18.3 Å². The number of amidine groups is 1. The Morgan fingerprint density at radius 3 is 2.65 bits per heavy atom. The first kappa shape index (κ1) is 16.7. The number of ether oxygens (including phenoxy) is 1. The molecule has 1 rings (SSSR count). The van der Waals surface area contributed by atoms with Crippen molar-refractivity contribution in [3.8, 4) is 0 Å². The van der Waals surface area contributed by atoms with Crippen molar-refractivity contribution >= 4 is 5.84 Å². The largest absolute Gasteiger partial charge is 0.384 e. The molecule has 112 valence electrons. The minimum absolute atomic E-state index is 0.117. The molecule has 1 aromatic rings. The predicted molar refractivity (Wildman–Crippen MR) is 85.2 cm³/mol. The number of hydrogen-bond donors (Lipinski definition) is 2. The summed E-state index contributed by atoms with van der Waals surface area (Å²) < 4.78 is 5.87. The monoisotopic (exact) mass is 276 g/mol. The zero-order chi connectivity index (χ0) is 15.0. The Bertz CT molecular complexity index is 429. The van der Waals surface area contributed by atoms with Gasteiger partial charge in [0, 0.05) is 12.2 Å². The summed E-state index contributed by atoms with van der Waals surface area (Å²) >= 11 is 0.